The smallest absolute Gasteiger partial charge is 0.303 e. The van der Waals surface area contributed by atoms with Crippen molar-refractivity contribution in [2.75, 3.05) is 0 Å². The maximum absolute atomic E-state index is 14.2. The molecule has 3 aromatic rings. The van der Waals surface area contributed by atoms with Gasteiger partial charge in [-0.1, -0.05) is 36.4 Å². The number of H-pyrrole nitrogens is 1. The van der Waals surface area contributed by atoms with E-state index in [0.717, 1.165) is 5.52 Å². The fraction of sp³-hybridized carbons (Fsp3) is 0.382. The van der Waals surface area contributed by atoms with E-state index in [0.29, 0.717) is 17.2 Å². The number of aliphatic hydroxyl groups is 1. The number of aromatic nitrogens is 1. The number of aromatic amines is 1. The average Bonchev–Trinajstić information content (AvgIpc) is 3.49. The summed E-state index contributed by atoms with van der Waals surface area (Å²) in [5, 5.41) is 29.8. The minimum atomic E-state index is -1.63. The molecule has 0 unspecified atom stereocenters. The summed E-state index contributed by atoms with van der Waals surface area (Å²) in [5.41, 5.74) is 12.7. The molecule has 1 heterocycles. The number of carbonyl (C=O) groups is 7. The van der Waals surface area contributed by atoms with Gasteiger partial charge < -0.3 is 52.7 Å². The summed E-state index contributed by atoms with van der Waals surface area (Å²) >= 11 is 0. The fourth-order valence-electron chi connectivity index (χ4n) is 5.21. The summed E-state index contributed by atoms with van der Waals surface area (Å²) in [7, 11) is 0. The van der Waals surface area contributed by atoms with E-state index < -0.39 is 84.1 Å². The number of aliphatic hydroxyl groups excluding tert-OH is 1. The van der Waals surface area contributed by atoms with Gasteiger partial charge in [-0.3, -0.25) is 28.8 Å². The van der Waals surface area contributed by atoms with Gasteiger partial charge in [-0.15, -0.1) is 0 Å². The van der Waals surface area contributed by atoms with Crippen molar-refractivity contribution in [1.29, 1.82) is 0 Å². The molecule has 0 aliphatic heterocycles. The van der Waals surface area contributed by atoms with Crippen molar-refractivity contribution >= 4 is 52.7 Å². The summed E-state index contributed by atoms with van der Waals surface area (Å²) in [6, 6.07) is 5.73. The van der Waals surface area contributed by atoms with Crippen molar-refractivity contribution in [3.05, 3.63) is 71.7 Å². The molecule has 0 radical (unpaired) electrons. The van der Waals surface area contributed by atoms with E-state index in [9.17, 15) is 43.1 Å². The van der Waals surface area contributed by atoms with Gasteiger partial charge in [-0.2, -0.15) is 0 Å². The molecule has 6 atom stereocenters. The summed E-state index contributed by atoms with van der Waals surface area (Å²) in [6.07, 6.45) is -1.26. The topological polar surface area (TPSA) is 276 Å². The highest BCUT2D eigenvalue weighted by atomic mass is 19.1. The number of rotatable bonds is 20. The van der Waals surface area contributed by atoms with Crippen LogP contribution in [0, 0.1) is 5.82 Å². The number of fused-ring (bicyclic) bond motifs is 1. The van der Waals surface area contributed by atoms with Crippen molar-refractivity contribution in [2.24, 2.45) is 11.5 Å². The van der Waals surface area contributed by atoms with Crippen LogP contribution in [0.5, 0.6) is 0 Å². The molecule has 0 saturated carbocycles. The quantitative estimate of drug-likeness (QED) is 0.0650. The molecule has 0 saturated heterocycles. The van der Waals surface area contributed by atoms with Crippen molar-refractivity contribution in [2.45, 2.75) is 81.8 Å². The SMILES string of the molecule is C[C@@H](O)[C@H](NC(=O)[C@@H](N)Cc1ccccc1F)C(=O)N[C@@H](Cc1c[nH]c2ccccc12)C(=O)N[C@@H](CCC(N)=O)C(=O)N[C@H](C=O)CCC(=O)O. The van der Waals surface area contributed by atoms with E-state index in [1.54, 1.807) is 36.5 Å². The van der Waals surface area contributed by atoms with Crippen molar-refractivity contribution in [1.82, 2.24) is 26.3 Å². The molecular formula is C34H42FN7O9. The minimum Gasteiger partial charge on any atom is -0.481 e. The number of aliphatic carboxylic acids is 1. The van der Waals surface area contributed by atoms with Crippen molar-refractivity contribution < 1.29 is 48.2 Å². The lowest BCUT2D eigenvalue weighted by Crippen LogP contribution is -2.61. The number of nitrogens with one attached hydrogen (secondary N) is 5. The first-order valence-corrected chi connectivity index (χ1v) is 16.1. The van der Waals surface area contributed by atoms with Gasteiger partial charge in [0.2, 0.25) is 29.5 Å². The average molecular weight is 712 g/mol. The lowest BCUT2D eigenvalue weighted by Gasteiger charge is -2.27. The molecule has 51 heavy (non-hydrogen) atoms. The maximum Gasteiger partial charge on any atom is 0.303 e. The van der Waals surface area contributed by atoms with Crippen LogP contribution in [0.4, 0.5) is 4.39 Å². The number of carbonyl (C=O) groups excluding carboxylic acids is 6. The van der Waals surface area contributed by atoms with Crippen LogP contribution >= 0.6 is 0 Å². The van der Waals surface area contributed by atoms with Gasteiger partial charge in [0.1, 0.15) is 30.2 Å². The Morgan fingerprint density at radius 3 is 2.12 bits per heavy atom. The Balaban J connectivity index is 1.86. The second-order valence-corrected chi connectivity index (χ2v) is 12.0. The highest BCUT2D eigenvalue weighted by Gasteiger charge is 2.33. The zero-order valence-corrected chi connectivity index (χ0v) is 27.8. The number of primary amides is 1. The second-order valence-electron chi connectivity index (χ2n) is 12.0. The first kappa shape index (κ1) is 39.8. The van der Waals surface area contributed by atoms with Gasteiger partial charge >= 0.3 is 5.97 Å². The van der Waals surface area contributed by atoms with Gasteiger partial charge in [-0.05, 0) is 49.4 Å². The maximum atomic E-state index is 14.2. The number of carboxylic acids is 1. The molecule has 0 fully saturated rings. The summed E-state index contributed by atoms with van der Waals surface area (Å²) in [5.74, 6) is -6.30. The Kier molecular flexibility index (Phi) is 14.7. The third-order valence-corrected chi connectivity index (χ3v) is 8.00. The lowest BCUT2D eigenvalue weighted by atomic mass is 10.0. The van der Waals surface area contributed by atoms with E-state index in [2.05, 4.69) is 26.3 Å². The van der Waals surface area contributed by atoms with Crippen LogP contribution in [0.2, 0.25) is 0 Å². The number of halogens is 1. The Labute approximate surface area is 291 Å². The highest BCUT2D eigenvalue weighted by molar-refractivity contribution is 5.96. The van der Waals surface area contributed by atoms with Gasteiger partial charge in [-0.25, -0.2) is 4.39 Å². The molecule has 1 aromatic heterocycles. The number of aldehydes is 1. The summed E-state index contributed by atoms with van der Waals surface area (Å²) < 4.78 is 14.2. The van der Waals surface area contributed by atoms with Crippen molar-refractivity contribution in [3.63, 3.8) is 0 Å². The van der Waals surface area contributed by atoms with Crippen LogP contribution in [-0.2, 0) is 46.4 Å². The Hall–Kier alpha value is -5.68. The lowest BCUT2D eigenvalue weighted by molar-refractivity contribution is -0.138. The summed E-state index contributed by atoms with van der Waals surface area (Å²) in [4.78, 5) is 90.8. The molecular weight excluding hydrogens is 669 g/mol. The molecule has 5 amide bonds. The van der Waals surface area contributed by atoms with Crippen LogP contribution in [0.3, 0.4) is 0 Å². The predicted molar refractivity (Wildman–Crippen MR) is 181 cm³/mol. The first-order chi connectivity index (χ1) is 24.2. The molecule has 0 spiro atoms. The summed E-state index contributed by atoms with van der Waals surface area (Å²) in [6.45, 7) is 1.22. The fourth-order valence-corrected chi connectivity index (χ4v) is 5.21. The van der Waals surface area contributed by atoms with E-state index in [1.165, 1.54) is 25.1 Å². The van der Waals surface area contributed by atoms with Crippen LogP contribution in [-0.4, -0.2) is 93.3 Å². The van der Waals surface area contributed by atoms with Crippen LogP contribution < -0.4 is 32.7 Å². The molecule has 0 aliphatic rings. The number of hydrogen-bond acceptors (Lipinski definition) is 9. The Morgan fingerprint density at radius 1 is 0.824 bits per heavy atom. The van der Waals surface area contributed by atoms with E-state index >= 15 is 0 Å². The van der Waals surface area contributed by atoms with Crippen LogP contribution in [0.25, 0.3) is 10.9 Å². The van der Waals surface area contributed by atoms with E-state index in [4.69, 9.17) is 16.6 Å². The number of para-hydroxylation sites is 1. The highest BCUT2D eigenvalue weighted by Crippen LogP contribution is 2.19. The second kappa shape index (κ2) is 18.9. The normalized spacial score (nSPS) is 14.6. The number of carboxylic acid groups (broad SMARTS) is 1. The Morgan fingerprint density at radius 2 is 1.47 bits per heavy atom. The van der Waals surface area contributed by atoms with E-state index in [1.807, 2.05) is 0 Å². The third-order valence-electron chi connectivity index (χ3n) is 8.00. The molecule has 2 aromatic carbocycles. The third kappa shape index (κ3) is 12.0. The van der Waals surface area contributed by atoms with Gasteiger partial charge in [0.05, 0.1) is 18.2 Å². The molecule has 3 rings (SSSR count). The zero-order chi connectivity index (χ0) is 37.7. The monoisotopic (exact) mass is 711 g/mol. The van der Waals surface area contributed by atoms with Crippen LogP contribution in [0.15, 0.2) is 54.7 Å². The first-order valence-electron chi connectivity index (χ1n) is 16.1. The molecule has 0 aliphatic carbocycles. The van der Waals surface area contributed by atoms with Gasteiger partial charge in [0.15, 0.2) is 0 Å². The number of amides is 5. The molecule has 0 bridgehead atoms. The number of benzene rings is 2. The number of hydrogen-bond donors (Lipinski definition) is 9. The van der Waals surface area contributed by atoms with Gasteiger partial charge in [0, 0.05) is 36.4 Å². The van der Waals surface area contributed by atoms with Crippen LogP contribution in [0.1, 0.15) is 43.7 Å². The minimum absolute atomic E-state index is 0.157. The predicted octanol–water partition coefficient (Wildman–Crippen LogP) is -0.931. The van der Waals surface area contributed by atoms with E-state index in [-0.39, 0.29) is 37.7 Å². The molecule has 274 valence electrons. The number of nitrogens with two attached hydrogens (primary N) is 2. The molecule has 17 heteroatoms. The Bertz CT molecular complexity index is 1730. The largest absolute Gasteiger partial charge is 0.481 e. The zero-order valence-electron chi connectivity index (χ0n) is 27.8. The van der Waals surface area contributed by atoms with Gasteiger partial charge in [0.25, 0.3) is 0 Å². The molecule has 11 N–H and O–H groups in total. The molecule has 16 nitrogen and oxygen atoms in total. The van der Waals surface area contributed by atoms with Crippen molar-refractivity contribution in [3.8, 4) is 0 Å². The standard InChI is InChI=1S/C34H42FN7O9/c1-18(44)30(42-31(48)24(36)14-19-6-2-4-8-23(19)35)34(51)41-27(15-20-16-38-25-9-5-3-7-22(20)25)33(50)40-26(11-12-28(37)45)32(49)39-21(17-43)10-13-29(46)47/h2-9,16-18,21,24,26-27,30,38,44H,10-15,36H2,1H3,(H2,37,45)(H,39,49)(H,40,50)(H,41,51)(H,42,48)(H,46,47)/t18-,21+,24+,26+,27+,30+/m1/s1.